The van der Waals surface area contributed by atoms with Crippen LogP contribution in [0.25, 0.3) is 0 Å². The fraction of sp³-hybridized carbons (Fsp3) is 0.0714. The number of methoxy groups -OCH3 is 1. The zero-order valence-corrected chi connectivity index (χ0v) is 12.5. The van der Waals surface area contributed by atoms with Gasteiger partial charge in [-0.25, -0.2) is 9.78 Å². The molecule has 2 N–H and O–H groups in total. The summed E-state index contributed by atoms with van der Waals surface area (Å²) in [6, 6.07) is 7.80. The van der Waals surface area contributed by atoms with E-state index in [0.29, 0.717) is 15.9 Å². The molecule has 0 saturated heterocycles. The van der Waals surface area contributed by atoms with E-state index in [0.717, 1.165) is 0 Å². The zero-order chi connectivity index (χ0) is 15.4. The van der Waals surface area contributed by atoms with Crippen molar-refractivity contribution in [3.63, 3.8) is 0 Å². The van der Waals surface area contributed by atoms with Crippen molar-refractivity contribution in [2.24, 2.45) is 0 Å². The second-order valence-electron chi connectivity index (χ2n) is 4.04. The zero-order valence-electron chi connectivity index (χ0n) is 11.0. The lowest BCUT2D eigenvalue weighted by atomic mass is 10.2. The molecular weight excluding hydrogens is 340 g/mol. The molecule has 0 bridgehead atoms. The van der Waals surface area contributed by atoms with E-state index in [1.54, 1.807) is 25.3 Å². The van der Waals surface area contributed by atoms with Crippen molar-refractivity contribution >= 4 is 33.5 Å². The standard InChI is InChI=1S/C14H11BrN2O4/c1-21-12-5-3-9(6-10(12)15)17-13(18)8-2-4-11(14(19)20)16-7-8/h2-7H,1H3,(H,17,18)(H,19,20). The summed E-state index contributed by atoms with van der Waals surface area (Å²) in [6.07, 6.45) is 1.22. The summed E-state index contributed by atoms with van der Waals surface area (Å²) >= 11 is 3.33. The summed E-state index contributed by atoms with van der Waals surface area (Å²) in [7, 11) is 1.55. The molecule has 0 fully saturated rings. The normalized spacial score (nSPS) is 10.0. The van der Waals surface area contributed by atoms with Crippen LogP contribution in [0.15, 0.2) is 41.0 Å². The smallest absolute Gasteiger partial charge is 0.354 e. The molecular formula is C14H11BrN2O4. The number of aromatic carboxylic acids is 1. The van der Waals surface area contributed by atoms with E-state index in [9.17, 15) is 9.59 Å². The summed E-state index contributed by atoms with van der Waals surface area (Å²) < 4.78 is 5.81. The lowest BCUT2D eigenvalue weighted by Gasteiger charge is -2.08. The van der Waals surface area contributed by atoms with Crippen LogP contribution < -0.4 is 10.1 Å². The van der Waals surface area contributed by atoms with Crippen LogP contribution in [0.5, 0.6) is 5.75 Å². The molecule has 21 heavy (non-hydrogen) atoms. The Morgan fingerprint density at radius 3 is 2.57 bits per heavy atom. The lowest BCUT2D eigenvalue weighted by Crippen LogP contribution is -2.13. The predicted molar refractivity (Wildman–Crippen MR) is 79.8 cm³/mol. The number of ether oxygens (including phenoxy) is 1. The molecule has 0 saturated carbocycles. The van der Waals surface area contributed by atoms with Gasteiger partial charge in [-0.3, -0.25) is 4.79 Å². The van der Waals surface area contributed by atoms with Crippen LogP contribution in [0.2, 0.25) is 0 Å². The number of amides is 1. The fourth-order valence-corrected chi connectivity index (χ4v) is 2.14. The van der Waals surface area contributed by atoms with Crippen LogP contribution in [-0.4, -0.2) is 29.1 Å². The number of carboxylic acid groups (broad SMARTS) is 1. The number of nitrogens with zero attached hydrogens (tertiary/aromatic N) is 1. The van der Waals surface area contributed by atoms with E-state index >= 15 is 0 Å². The number of rotatable bonds is 4. The molecule has 108 valence electrons. The highest BCUT2D eigenvalue weighted by Crippen LogP contribution is 2.27. The van der Waals surface area contributed by atoms with E-state index in [1.165, 1.54) is 18.3 Å². The summed E-state index contributed by atoms with van der Waals surface area (Å²) in [5.74, 6) is -0.863. The SMILES string of the molecule is COc1ccc(NC(=O)c2ccc(C(=O)O)nc2)cc1Br. The largest absolute Gasteiger partial charge is 0.496 e. The number of carbonyl (C=O) groups excluding carboxylic acids is 1. The van der Waals surface area contributed by atoms with E-state index < -0.39 is 5.97 Å². The first-order valence-corrected chi connectivity index (χ1v) is 6.65. The fourth-order valence-electron chi connectivity index (χ4n) is 1.60. The van der Waals surface area contributed by atoms with Crippen LogP contribution in [-0.2, 0) is 0 Å². The molecule has 0 aliphatic rings. The topological polar surface area (TPSA) is 88.5 Å². The first-order chi connectivity index (χ1) is 10.0. The van der Waals surface area contributed by atoms with Gasteiger partial charge < -0.3 is 15.2 Å². The van der Waals surface area contributed by atoms with Crippen molar-refractivity contribution in [1.29, 1.82) is 0 Å². The van der Waals surface area contributed by atoms with Gasteiger partial charge in [0, 0.05) is 11.9 Å². The predicted octanol–water partition coefficient (Wildman–Crippen LogP) is 2.80. The van der Waals surface area contributed by atoms with Crippen molar-refractivity contribution in [3.05, 3.63) is 52.3 Å². The molecule has 2 aromatic rings. The van der Waals surface area contributed by atoms with Gasteiger partial charge in [0.25, 0.3) is 5.91 Å². The third kappa shape index (κ3) is 3.57. The number of halogens is 1. The highest BCUT2D eigenvalue weighted by molar-refractivity contribution is 9.10. The highest BCUT2D eigenvalue weighted by atomic mass is 79.9. The van der Waals surface area contributed by atoms with Crippen LogP contribution >= 0.6 is 15.9 Å². The van der Waals surface area contributed by atoms with Crippen molar-refractivity contribution in [2.45, 2.75) is 0 Å². The van der Waals surface area contributed by atoms with Gasteiger partial charge in [0.15, 0.2) is 0 Å². The first-order valence-electron chi connectivity index (χ1n) is 5.85. The van der Waals surface area contributed by atoms with Gasteiger partial charge in [0.1, 0.15) is 11.4 Å². The monoisotopic (exact) mass is 350 g/mol. The number of nitrogens with one attached hydrogen (secondary N) is 1. The number of pyridine rings is 1. The minimum Gasteiger partial charge on any atom is -0.496 e. The maximum absolute atomic E-state index is 12.0. The molecule has 0 spiro atoms. The number of hydrogen-bond donors (Lipinski definition) is 2. The maximum Gasteiger partial charge on any atom is 0.354 e. The molecule has 0 unspecified atom stereocenters. The third-order valence-corrected chi connectivity index (χ3v) is 3.27. The Morgan fingerprint density at radius 1 is 1.29 bits per heavy atom. The Hall–Kier alpha value is -2.41. The number of hydrogen-bond acceptors (Lipinski definition) is 4. The number of benzene rings is 1. The van der Waals surface area contributed by atoms with Crippen LogP contribution in [0, 0.1) is 0 Å². The van der Waals surface area contributed by atoms with Crippen molar-refractivity contribution in [3.8, 4) is 5.75 Å². The molecule has 1 aromatic heterocycles. The Morgan fingerprint density at radius 2 is 2.05 bits per heavy atom. The Labute approximate surface area is 128 Å². The number of aromatic nitrogens is 1. The quantitative estimate of drug-likeness (QED) is 0.884. The van der Waals surface area contributed by atoms with Crippen molar-refractivity contribution in [1.82, 2.24) is 4.98 Å². The third-order valence-electron chi connectivity index (χ3n) is 2.65. The Bertz CT molecular complexity index is 686. The van der Waals surface area contributed by atoms with Gasteiger partial charge in [-0.1, -0.05) is 0 Å². The molecule has 0 aliphatic carbocycles. The Kier molecular flexibility index (Phi) is 4.54. The second-order valence-corrected chi connectivity index (χ2v) is 4.90. The van der Waals surface area contributed by atoms with Gasteiger partial charge in [0.05, 0.1) is 17.1 Å². The van der Waals surface area contributed by atoms with E-state index in [4.69, 9.17) is 9.84 Å². The van der Waals surface area contributed by atoms with E-state index in [-0.39, 0.29) is 17.2 Å². The van der Waals surface area contributed by atoms with Gasteiger partial charge in [-0.2, -0.15) is 0 Å². The van der Waals surface area contributed by atoms with Gasteiger partial charge in [0.2, 0.25) is 0 Å². The number of carboxylic acids is 1. The number of anilines is 1. The van der Waals surface area contributed by atoms with Gasteiger partial charge >= 0.3 is 5.97 Å². The first kappa shape index (κ1) is 15.0. The number of carbonyl (C=O) groups is 2. The van der Waals surface area contributed by atoms with E-state index in [2.05, 4.69) is 26.2 Å². The lowest BCUT2D eigenvalue weighted by molar-refractivity contribution is 0.0690. The summed E-state index contributed by atoms with van der Waals surface area (Å²) in [5, 5.41) is 11.4. The van der Waals surface area contributed by atoms with Crippen molar-refractivity contribution < 1.29 is 19.4 Å². The van der Waals surface area contributed by atoms with E-state index in [1.807, 2.05) is 0 Å². The minimum absolute atomic E-state index is 0.112. The average molecular weight is 351 g/mol. The second kappa shape index (κ2) is 6.36. The van der Waals surface area contributed by atoms with Crippen molar-refractivity contribution in [2.75, 3.05) is 12.4 Å². The molecule has 0 aliphatic heterocycles. The molecule has 6 nitrogen and oxygen atoms in total. The summed E-state index contributed by atoms with van der Waals surface area (Å²) in [6.45, 7) is 0. The van der Waals surface area contributed by atoms with Crippen LogP contribution in [0.3, 0.4) is 0 Å². The maximum atomic E-state index is 12.0. The molecule has 1 heterocycles. The van der Waals surface area contributed by atoms with Crippen LogP contribution in [0.1, 0.15) is 20.8 Å². The molecule has 0 radical (unpaired) electrons. The molecule has 7 heteroatoms. The Balaban J connectivity index is 2.14. The molecule has 1 amide bonds. The van der Waals surface area contributed by atoms with Gasteiger partial charge in [-0.05, 0) is 46.3 Å². The summed E-state index contributed by atoms with van der Waals surface area (Å²) in [4.78, 5) is 26.4. The van der Waals surface area contributed by atoms with Crippen LogP contribution in [0.4, 0.5) is 5.69 Å². The molecule has 2 rings (SSSR count). The molecule has 0 atom stereocenters. The summed E-state index contributed by atoms with van der Waals surface area (Å²) in [5.41, 5.74) is 0.737. The average Bonchev–Trinajstić information content (AvgIpc) is 2.47. The highest BCUT2D eigenvalue weighted by Gasteiger charge is 2.10. The molecule has 1 aromatic carbocycles. The minimum atomic E-state index is -1.14. The van der Waals surface area contributed by atoms with Gasteiger partial charge in [-0.15, -0.1) is 0 Å².